The Morgan fingerprint density at radius 3 is 2.28 bits per heavy atom. The molecule has 50 heavy (non-hydrogen) atoms. The fourth-order valence-electron chi connectivity index (χ4n) is 6.29. The van der Waals surface area contributed by atoms with Crippen molar-refractivity contribution in [3.63, 3.8) is 0 Å². The van der Waals surface area contributed by atoms with Gasteiger partial charge in [-0.2, -0.15) is 0 Å². The van der Waals surface area contributed by atoms with Crippen LogP contribution in [0.15, 0.2) is 59.4 Å². The number of aryl methyl sites for hydroxylation is 1. The predicted molar refractivity (Wildman–Crippen MR) is 189 cm³/mol. The Balaban J connectivity index is 1.23. The maximum atomic E-state index is 13.7. The number of nitrogens with one attached hydrogen (secondary N) is 5. The molecule has 0 radical (unpaired) electrons. The first-order valence-corrected chi connectivity index (χ1v) is 16.8. The van der Waals surface area contributed by atoms with Crippen LogP contribution in [0.5, 0.6) is 0 Å². The third-order valence-corrected chi connectivity index (χ3v) is 8.82. The summed E-state index contributed by atoms with van der Waals surface area (Å²) in [6.45, 7) is 7.75. The average molecular weight is 685 g/mol. The van der Waals surface area contributed by atoms with Crippen LogP contribution >= 0.6 is 0 Å². The molecule has 1 atom stereocenters. The Morgan fingerprint density at radius 1 is 0.940 bits per heavy atom. The number of ether oxygens (including phenoxy) is 1. The molecule has 2 aromatic carbocycles. The molecule has 1 fully saturated rings. The van der Waals surface area contributed by atoms with Crippen molar-refractivity contribution in [2.75, 3.05) is 11.9 Å². The lowest BCUT2D eigenvalue weighted by Gasteiger charge is -2.29. The molecule has 0 bridgehead atoms. The Bertz CT molecular complexity index is 1920. The summed E-state index contributed by atoms with van der Waals surface area (Å²) in [5.74, 6) is -1.25. The Morgan fingerprint density at radius 2 is 1.62 bits per heavy atom. The number of carboxylic acids is 1. The maximum Gasteiger partial charge on any atom is 0.407 e. The van der Waals surface area contributed by atoms with Crippen molar-refractivity contribution in [2.24, 2.45) is 11.8 Å². The van der Waals surface area contributed by atoms with Crippen molar-refractivity contribution in [2.45, 2.75) is 77.9 Å². The van der Waals surface area contributed by atoms with Gasteiger partial charge in [0, 0.05) is 36.3 Å². The van der Waals surface area contributed by atoms with Gasteiger partial charge in [-0.05, 0) is 101 Å². The molecule has 0 saturated heterocycles. The molecule has 5 rings (SSSR count). The molecule has 4 aromatic rings. The molecular formula is C37H44N6O7. The van der Waals surface area contributed by atoms with E-state index < -0.39 is 29.6 Å². The second-order valence-corrected chi connectivity index (χ2v) is 14.0. The number of H-pyrrole nitrogens is 2. The quantitative estimate of drug-likeness (QED) is 0.122. The number of aromatic carboxylic acids is 1. The normalized spacial score (nSPS) is 16.7. The van der Waals surface area contributed by atoms with Gasteiger partial charge in [0.05, 0.1) is 11.0 Å². The molecule has 1 aliphatic carbocycles. The lowest BCUT2D eigenvalue weighted by molar-refractivity contribution is -0.127. The summed E-state index contributed by atoms with van der Waals surface area (Å²) in [5, 5.41) is 17.9. The van der Waals surface area contributed by atoms with Crippen molar-refractivity contribution in [3.05, 3.63) is 82.0 Å². The zero-order valence-electron chi connectivity index (χ0n) is 28.7. The molecule has 2 aromatic heterocycles. The molecule has 1 unspecified atom stereocenters. The van der Waals surface area contributed by atoms with E-state index in [9.17, 15) is 29.1 Å². The first-order chi connectivity index (χ1) is 23.7. The van der Waals surface area contributed by atoms with Crippen molar-refractivity contribution in [1.29, 1.82) is 0 Å². The van der Waals surface area contributed by atoms with E-state index in [1.54, 1.807) is 31.2 Å². The summed E-state index contributed by atoms with van der Waals surface area (Å²) in [7, 11) is 0. The minimum absolute atomic E-state index is 0.0299. The number of benzene rings is 2. The van der Waals surface area contributed by atoms with E-state index in [-0.39, 0.29) is 36.1 Å². The largest absolute Gasteiger partial charge is 0.477 e. The first kappa shape index (κ1) is 35.8. The minimum Gasteiger partial charge on any atom is -0.477 e. The highest BCUT2D eigenvalue weighted by atomic mass is 16.6. The lowest BCUT2D eigenvalue weighted by Crippen LogP contribution is -2.45. The standard InChI is InChI=1S/C37H44N6O7/c1-21-27(14-16-29(39-21)34(46)47)25-11-9-22(10-12-25)17-31(33(45)40-26-13-15-28-30(19-26)43-35(48)42-28)41-32(44)18-23-5-7-24(8-6-23)20-38-36(49)50-37(2,3)4/h9-16,19,23-24,31H,5-8,17-18,20H2,1-4H3,(H,38,49)(H,40,45)(H,41,44)(H,46,47)(H2,42,43,48). The number of imidazole rings is 1. The van der Waals surface area contributed by atoms with Gasteiger partial charge in [0.15, 0.2) is 0 Å². The van der Waals surface area contributed by atoms with Gasteiger partial charge in [-0.3, -0.25) is 9.59 Å². The van der Waals surface area contributed by atoms with Crippen molar-refractivity contribution in [1.82, 2.24) is 25.6 Å². The van der Waals surface area contributed by atoms with Crippen LogP contribution in [0.4, 0.5) is 10.5 Å². The molecular weight excluding hydrogens is 640 g/mol. The highest BCUT2D eigenvalue weighted by Gasteiger charge is 2.27. The molecule has 2 heterocycles. The SMILES string of the molecule is Cc1nc(C(=O)O)ccc1-c1ccc(CC(NC(=O)CC2CCC(CNC(=O)OC(C)(C)C)CC2)C(=O)Nc2ccc3[nH]c(=O)[nH]c3c2)cc1. The summed E-state index contributed by atoms with van der Waals surface area (Å²) in [4.78, 5) is 71.6. The van der Waals surface area contributed by atoms with Gasteiger partial charge in [0.2, 0.25) is 11.8 Å². The number of carbonyl (C=O) groups excluding carboxylic acids is 3. The average Bonchev–Trinajstić information content (AvgIpc) is 3.43. The van der Waals surface area contributed by atoms with Crippen LogP contribution < -0.4 is 21.6 Å². The van der Waals surface area contributed by atoms with Crippen LogP contribution in [-0.2, 0) is 20.7 Å². The summed E-state index contributed by atoms with van der Waals surface area (Å²) in [6.07, 6.45) is 3.50. The summed E-state index contributed by atoms with van der Waals surface area (Å²) in [6, 6.07) is 14.8. The van der Waals surface area contributed by atoms with Gasteiger partial charge in [-0.1, -0.05) is 30.3 Å². The third-order valence-electron chi connectivity index (χ3n) is 8.82. The second kappa shape index (κ2) is 15.4. The number of amides is 3. The van der Waals surface area contributed by atoms with Crippen LogP contribution in [0.25, 0.3) is 22.2 Å². The number of hydrogen-bond donors (Lipinski definition) is 6. The van der Waals surface area contributed by atoms with E-state index in [4.69, 9.17) is 4.74 Å². The number of hydrogen-bond acceptors (Lipinski definition) is 7. The van der Waals surface area contributed by atoms with Crippen LogP contribution in [-0.4, -0.2) is 62.1 Å². The Hall–Kier alpha value is -5.46. The number of fused-ring (bicyclic) bond motifs is 1. The summed E-state index contributed by atoms with van der Waals surface area (Å²) < 4.78 is 5.33. The highest BCUT2D eigenvalue weighted by molar-refractivity contribution is 5.98. The number of aromatic amines is 2. The third kappa shape index (κ3) is 9.80. The molecule has 6 N–H and O–H groups in total. The predicted octanol–water partition coefficient (Wildman–Crippen LogP) is 5.31. The molecule has 1 aliphatic rings. The second-order valence-electron chi connectivity index (χ2n) is 14.0. The molecule has 1 saturated carbocycles. The number of aromatic nitrogens is 3. The van der Waals surface area contributed by atoms with Crippen LogP contribution in [0, 0.1) is 18.8 Å². The van der Waals surface area contributed by atoms with Gasteiger partial charge in [-0.15, -0.1) is 0 Å². The van der Waals surface area contributed by atoms with Gasteiger partial charge < -0.3 is 35.8 Å². The summed E-state index contributed by atoms with van der Waals surface area (Å²) in [5.41, 5.74) is 3.70. The van der Waals surface area contributed by atoms with Crippen molar-refractivity contribution in [3.8, 4) is 11.1 Å². The minimum atomic E-state index is -1.09. The number of pyridine rings is 1. The monoisotopic (exact) mass is 684 g/mol. The molecule has 3 amide bonds. The molecule has 0 aliphatic heterocycles. The van der Waals surface area contributed by atoms with Crippen molar-refractivity contribution < 1.29 is 29.0 Å². The van der Waals surface area contributed by atoms with E-state index >= 15 is 0 Å². The fourth-order valence-corrected chi connectivity index (χ4v) is 6.29. The fraction of sp³-hybridized carbons (Fsp3) is 0.405. The van der Waals surface area contributed by atoms with Gasteiger partial charge in [0.1, 0.15) is 17.3 Å². The van der Waals surface area contributed by atoms with E-state index in [0.717, 1.165) is 42.4 Å². The Kier molecular flexibility index (Phi) is 11.0. The van der Waals surface area contributed by atoms with E-state index in [1.165, 1.54) is 6.07 Å². The molecule has 264 valence electrons. The van der Waals surface area contributed by atoms with Gasteiger partial charge in [0.25, 0.3) is 0 Å². The molecule has 13 nitrogen and oxygen atoms in total. The molecule has 13 heteroatoms. The number of carbonyl (C=O) groups is 4. The molecule has 0 spiro atoms. The zero-order valence-corrected chi connectivity index (χ0v) is 28.7. The van der Waals surface area contributed by atoms with Crippen LogP contribution in [0.2, 0.25) is 0 Å². The van der Waals surface area contributed by atoms with Crippen molar-refractivity contribution >= 4 is 40.6 Å². The summed E-state index contributed by atoms with van der Waals surface area (Å²) >= 11 is 0. The van der Waals surface area contributed by atoms with E-state index in [0.29, 0.717) is 34.9 Å². The van der Waals surface area contributed by atoms with E-state index in [2.05, 4.69) is 30.9 Å². The number of alkyl carbamates (subject to hydrolysis) is 1. The first-order valence-electron chi connectivity index (χ1n) is 16.8. The number of nitrogens with zero attached hydrogens (tertiary/aromatic N) is 1. The number of rotatable bonds is 11. The van der Waals surface area contributed by atoms with Crippen LogP contribution in [0.1, 0.15) is 74.6 Å². The maximum absolute atomic E-state index is 13.7. The number of carboxylic acid groups (broad SMARTS) is 1. The highest BCUT2D eigenvalue weighted by Crippen LogP contribution is 2.31. The smallest absolute Gasteiger partial charge is 0.407 e. The van der Waals surface area contributed by atoms with Gasteiger partial charge >= 0.3 is 17.8 Å². The Labute approximate surface area is 289 Å². The van der Waals surface area contributed by atoms with Gasteiger partial charge in [-0.25, -0.2) is 19.4 Å². The lowest BCUT2D eigenvalue weighted by atomic mass is 9.80. The van der Waals surface area contributed by atoms with E-state index in [1.807, 2.05) is 45.0 Å². The topological polar surface area (TPSA) is 195 Å². The number of anilines is 1. The van der Waals surface area contributed by atoms with Crippen LogP contribution in [0.3, 0.4) is 0 Å². The zero-order chi connectivity index (χ0) is 36.0.